The zero-order valence-electron chi connectivity index (χ0n) is 21.5. The first kappa shape index (κ1) is 25.5. The highest BCUT2D eigenvalue weighted by Crippen LogP contribution is 2.27. The number of pyridine rings is 1. The van der Waals surface area contributed by atoms with Crippen LogP contribution in [0.3, 0.4) is 0 Å². The number of piperidine rings is 1. The summed E-state index contributed by atoms with van der Waals surface area (Å²) in [7, 11) is 0. The molecule has 2 saturated heterocycles. The average molecular weight is 506 g/mol. The zero-order valence-corrected chi connectivity index (χ0v) is 21.5. The fourth-order valence-electron chi connectivity index (χ4n) is 5.54. The molecule has 2 fully saturated rings. The van der Waals surface area contributed by atoms with Crippen molar-refractivity contribution in [3.63, 3.8) is 0 Å². The predicted octanol–water partition coefficient (Wildman–Crippen LogP) is 2.42. The molecule has 3 aliphatic heterocycles. The molecule has 9 nitrogen and oxygen atoms in total. The van der Waals surface area contributed by atoms with E-state index in [1.807, 2.05) is 19.1 Å². The highest BCUT2D eigenvalue weighted by Gasteiger charge is 2.37. The molecule has 1 aromatic heterocycles. The van der Waals surface area contributed by atoms with E-state index in [-0.39, 0.29) is 23.9 Å². The van der Waals surface area contributed by atoms with E-state index >= 15 is 0 Å². The third-order valence-electron chi connectivity index (χ3n) is 7.49. The van der Waals surface area contributed by atoms with Crippen LogP contribution in [0.5, 0.6) is 0 Å². The number of hydrogen-bond donors (Lipinski definition) is 0. The Morgan fingerprint density at radius 1 is 0.865 bits per heavy atom. The van der Waals surface area contributed by atoms with Gasteiger partial charge in [0.1, 0.15) is 5.82 Å². The largest absolute Gasteiger partial charge is 0.464 e. The lowest BCUT2D eigenvalue weighted by Gasteiger charge is -2.43. The topological polar surface area (TPSA) is 86.3 Å². The number of esters is 1. The molecular formula is C28H35N5O4. The van der Waals surface area contributed by atoms with E-state index in [9.17, 15) is 14.4 Å². The molecule has 3 aliphatic rings. The number of amides is 2. The number of aromatic nitrogens is 1. The molecule has 37 heavy (non-hydrogen) atoms. The number of benzene rings is 1. The number of rotatable bonds is 8. The lowest BCUT2D eigenvalue weighted by Crippen LogP contribution is -2.60. The van der Waals surface area contributed by atoms with Crippen LogP contribution < -0.4 is 4.90 Å². The van der Waals surface area contributed by atoms with Crippen LogP contribution in [0.4, 0.5) is 5.82 Å². The number of piperazine rings is 1. The SMILES string of the molecule is CCOC(=O)C(N1CCCCC1)N1CCN(CCc2cccc(N3C(=O)c4ccccc4C3=O)n2)CC1. The quantitative estimate of drug-likeness (QED) is 0.400. The third-order valence-corrected chi connectivity index (χ3v) is 7.49. The third kappa shape index (κ3) is 5.44. The first-order valence-corrected chi connectivity index (χ1v) is 13.4. The van der Waals surface area contributed by atoms with E-state index < -0.39 is 0 Å². The molecule has 2 aromatic rings. The molecule has 0 radical (unpaired) electrons. The molecule has 0 N–H and O–H groups in total. The molecule has 1 aromatic carbocycles. The Labute approximate surface area is 218 Å². The van der Waals surface area contributed by atoms with Crippen molar-refractivity contribution in [1.82, 2.24) is 19.7 Å². The monoisotopic (exact) mass is 505 g/mol. The van der Waals surface area contributed by atoms with Gasteiger partial charge in [0, 0.05) is 57.9 Å². The van der Waals surface area contributed by atoms with Gasteiger partial charge in [-0.15, -0.1) is 0 Å². The molecule has 0 aliphatic carbocycles. The molecule has 4 heterocycles. The molecule has 9 heteroatoms. The van der Waals surface area contributed by atoms with Gasteiger partial charge in [-0.1, -0.05) is 24.6 Å². The van der Waals surface area contributed by atoms with Gasteiger partial charge in [0.15, 0.2) is 6.17 Å². The van der Waals surface area contributed by atoms with Crippen LogP contribution in [-0.2, 0) is 16.0 Å². The number of imide groups is 1. The number of hydrogen-bond acceptors (Lipinski definition) is 8. The van der Waals surface area contributed by atoms with Crippen LogP contribution in [0.1, 0.15) is 52.6 Å². The van der Waals surface area contributed by atoms with E-state index in [1.165, 1.54) is 11.3 Å². The summed E-state index contributed by atoms with van der Waals surface area (Å²) in [6.45, 7) is 8.31. The highest BCUT2D eigenvalue weighted by atomic mass is 16.5. The van der Waals surface area contributed by atoms with Crippen LogP contribution in [0.25, 0.3) is 0 Å². The maximum Gasteiger partial charge on any atom is 0.338 e. The normalized spacial score (nSPS) is 20.2. The zero-order chi connectivity index (χ0) is 25.8. The summed E-state index contributed by atoms with van der Waals surface area (Å²) >= 11 is 0. The van der Waals surface area contributed by atoms with Crippen LogP contribution >= 0.6 is 0 Å². The predicted molar refractivity (Wildman–Crippen MR) is 139 cm³/mol. The van der Waals surface area contributed by atoms with Crippen LogP contribution in [0.15, 0.2) is 42.5 Å². The minimum Gasteiger partial charge on any atom is -0.464 e. The average Bonchev–Trinajstić information content (AvgIpc) is 3.19. The molecule has 1 atom stereocenters. The Bertz CT molecular complexity index is 1110. The van der Waals surface area contributed by atoms with E-state index in [2.05, 4.69) is 19.7 Å². The number of carbonyl (C=O) groups is 3. The Balaban J connectivity index is 1.18. The standard InChI is InChI=1S/C28H35N5O4/c1-2-37-28(36)25(31-14-6-3-7-15-31)32-19-17-30(18-20-32)16-13-21-9-8-12-24(29-21)33-26(34)22-10-4-5-11-23(22)27(33)35/h4-5,8-12,25H,2-3,6-7,13-20H2,1H3. The van der Waals surface area contributed by atoms with Crippen molar-refractivity contribution in [3.05, 3.63) is 59.3 Å². The highest BCUT2D eigenvalue weighted by molar-refractivity contribution is 6.34. The second-order valence-corrected chi connectivity index (χ2v) is 9.83. The van der Waals surface area contributed by atoms with E-state index in [1.54, 1.807) is 30.3 Å². The van der Waals surface area contributed by atoms with Crippen molar-refractivity contribution in [1.29, 1.82) is 0 Å². The Morgan fingerprint density at radius 3 is 2.16 bits per heavy atom. The minimum absolute atomic E-state index is 0.132. The number of fused-ring (bicyclic) bond motifs is 1. The van der Waals surface area contributed by atoms with Gasteiger partial charge in [-0.2, -0.15) is 0 Å². The maximum atomic E-state index is 12.8. The number of likely N-dealkylation sites (tertiary alicyclic amines) is 1. The summed E-state index contributed by atoms with van der Waals surface area (Å²) in [6, 6.07) is 12.4. The summed E-state index contributed by atoms with van der Waals surface area (Å²) in [5, 5.41) is 0. The molecule has 196 valence electrons. The summed E-state index contributed by atoms with van der Waals surface area (Å²) in [5.74, 6) is -0.420. The van der Waals surface area contributed by atoms with Gasteiger partial charge in [0.2, 0.25) is 0 Å². The van der Waals surface area contributed by atoms with E-state index in [4.69, 9.17) is 4.74 Å². The van der Waals surface area contributed by atoms with Gasteiger partial charge in [0.25, 0.3) is 11.8 Å². The lowest BCUT2D eigenvalue weighted by molar-refractivity contribution is -0.160. The second-order valence-electron chi connectivity index (χ2n) is 9.83. The molecule has 0 spiro atoms. The fourth-order valence-corrected chi connectivity index (χ4v) is 5.54. The van der Waals surface area contributed by atoms with Crippen LogP contribution in [0, 0.1) is 0 Å². The van der Waals surface area contributed by atoms with Gasteiger partial charge < -0.3 is 9.64 Å². The Kier molecular flexibility index (Phi) is 7.93. The van der Waals surface area contributed by atoms with Gasteiger partial charge in [-0.05, 0) is 44.0 Å². The van der Waals surface area contributed by atoms with E-state index in [0.29, 0.717) is 30.0 Å². The number of ether oxygens (including phenoxy) is 1. The molecule has 0 bridgehead atoms. The summed E-state index contributed by atoms with van der Waals surface area (Å²) < 4.78 is 5.44. The van der Waals surface area contributed by atoms with Gasteiger partial charge >= 0.3 is 5.97 Å². The van der Waals surface area contributed by atoms with Crippen molar-refractivity contribution in [3.8, 4) is 0 Å². The molecular weight excluding hydrogens is 470 g/mol. The van der Waals surface area contributed by atoms with Crippen LogP contribution in [-0.4, -0.2) is 96.1 Å². The van der Waals surface area contributed by atoms with Gasteiger partial charge in [0.05, 0.1) is 17.7 Å². The van der Waals surface area contributed by atoms with Crippen molar-refractivity contribution in [2.24, 2.45) is 0 Å². The van der Waals surface area contributed by atoms with Crippen molar-refractivity contribution in [2.45, 2.75) is 38.8 Å². The number of nitrogens with zero attached hydrogens (tertiary/aromatic N) is 5. The molecule has 2 amide bonds. The number of carbonyl (C=O) groups excluding carboxylic acids is 3. The number of anilines is 1. The van der Waals surface area contributed by atoms with E-state index in [0.717, 1.165) is 64.3 Å². The maximum absolute atomic E-state index is 12.8. The molecule has 1 unspecified atom stereocenters. The molecule has 0 saturated carbocycles. The van der Waals surface area contributed by atoms with Gasteiger partial charge in [-0.25, -0.2) is 14.7 Å². The molecule has 5 rings (SSSR count). The summed E-state index contributed by atoms with van der Waals surface area (Å²) in [6.07, 6.45) is 3.90. The van der Waals surface area contributed by atoms with Crippen LogP contribution in [0.2, 0.25) is 0 Å². The summed E-state index contributed by atoms with van der Waals surface area (Å²) in [4.78, 5) is 51.2. The minimum atomic E-state index is -0.328. The first-order valence-electron chi connectivity index (χ1n) is 13.4. The smallest absolute Gasteiger partial charge is 0.338 e. The van der Waals surface area contributed by atoms with Gasteiger partial charge in [-0.3, -0.25) is 19.4 Å². The summed E-state index contributed by atoms with van der Waals surface area (Å²) in [5.41, 5.74) is 1.68. The Hall–Kier alpha value is -3.14. The Morgan fingerprint density at radius 2 is 1.51 bits per heavy atom. The fraction of sp³-hybridized carbons (Fsp3) is 0.500. The van der Waals surface area contributed by atoms with Crippen molar-refractivity contribution < 1.29 is 19.1 Å². The second kappa shape index (κ2) is 11.5. The lowest BCUT2D eigenvalue weighted by atomic mass is 10.1. The van der Waals surface area contributed by atoms with Crippen molar-refractivity contribution in [2.75, 3.05) is 57.3 Å². The van der Waals surface area contributed by atoms with Crippen molar-refractivity contribution >= 4 is 23.6 Å². The first-order chi connectivity index (χ1) is 18.1.